The average Bonchev–Trinajstić information content (AvgIpc) is 2.36. The molecule has 1 amide bonds. The van der Waals surface area contributed by atoms with Crippen LogP contribution in [-0.2, 0) is 4.79 Å². The summed E-state index contributed by atoms with van der Waals surface area (Å²) in [4.78, 5) is 22.9. The van der Waals surface area contributed by atoms with E-state index in [1.54, 1.807) is 6.92 Å². The van der Waals surface area contributed by atoms with Crippen LogP contribution in [0.25, 0.3) is 0 Å². The molecule has 116 valence electrons. The lowest BCUT2D eigenvalue weighted by molar-refractivity contribution is -0.128. The monoisotopic (exact) mass is 295 g/mol. The van der Waals surface area contributed by atoms with Crippen molar-refractivity contribution in [2.24, 2.45) is 0 Å². The van der Waals surface area contributed by atoms with Crippen LogP contribution >= 0.6 is 0 Å². The third-order valence-corrected chi connectivity index (χ3v) is 2.58. The third kappa shape index (κ3) is 4.98. The third-order valence-electron chi connectivity index (χ3n) is 2.58. The molecule has 1 rings (SSSR count). The van der Waals surface area contributed by atoms with Gasteiger partial charge in [0.2, 0.25) is 0 Å². The van der Waals surface area contributed by atoms with Crippen LogP contribution in [0.5, 0.6) is 11.5 Å². The van der Waals surface area contributed by atoms with E-state index in [1.165, 1.54) is 25.3 Å². The number of aromatic carboxylic acids is 1. The molecule has 0 aliphatic carbocycles. The van der Waals surface area contributed by atoms with Crippen molar-refractivity contribution in [3.8, 4) is 11.5 Å². The number of carboxylic acid groups (broad SMARTS) is 1. The van der Waals surface area contributed by atoms with Crippen LogP contribution in [-0.4, -0.2) is 35.7 Å². The van der Waals surface area contributed by atoms with Crippen molar-refractivity contribution < 1.29 is 24.2 Å². The smallest absolute Gasteiger partial charge is 0.335 e. The number of ether oxygens (including phenoxy) is 2. The van der Waals surface area contributed by atoms with Crippen LogP contribution in [0.1, 0.15) is 38.1 Å². The number of carboxylic acids is 1. The molecule has 0 aliphatic rings. The first-order chi connectivity index (χ1) is 9.64. The molecule has 0 aliphatic heterocycles. The fourth-order valence-electron chi connectivity index (χ4n) is 1.61. The van der Waals surface area contributed by atoms with E-state index in [4.69, 9.17) is 14.6 Å². The fourth-order valence-corrected chi connectivity index (χ4v) is 1.61. The number of amides is 1. The zero-order valence-corrected chi connectivity index (χ0v) is 12.9. The fraction of sp³-hybridized carbons (Fsp3) is 0.467. The Kier molecular flexibility index (Phi) is 5.18. The molecule has 0 aromatic heterocycles. The normalized spacial score (nSPS) is 12.4. The van der Waals surface area contributed by atoms with E-state index in [2.05, 4.69) is 5.32 Å². The van der Waals surface area contributed by atoms with Crippen molar-refractivity contribution in [1.82, 2.24) is 5.32 Å². The lowest BCUT2D eigenvalue weighted by Gasteiger charge is -2.24. The highest BCUT2D eigenvalue weighted by Crippen LogP contribution is 2.29. The second-order valence-electron chi connectivity index (χ2n) is 5.67. The van der Waals surface area contributed by atoms with Crippen LogP contribution in [0.2, 0.25) is 0 Å². The number of benzene rings is 1. The number of hydrogen-bond donors (Lipinski definition) is 2. The molecular weight excluding hydrogens is 274 g/mol. The Bertz CT molecular complexity index is 533. The van der Waals surface area contributed by atoms with Crippen molar-refractivity contribution in [2.75, 3.05) is 7.11 Å². The Hall–Kier alpha value is -2.24. The highest BCUT2D eigenvalue weighted by molar-refractivity contribution is 5.88. The van der Waals surface area contributed by atoms with Gasteiger partial charge in [-0.2, -0.15) is 0 Å². The molecule has 1 unspecified atom stereocenters. The molecule has 1 aromatic carbocycles. The topological polar surface area (TPSA) is 84.9 Å². The van der Waals surface area contributed by atoms with Crippen LogP contribution in [0.15, 0.2) is 18.2 Å². The molecule has 0 spiro atoms. The molecule has 2 N–H and O–H groups in total. The summed E-state index contributed by atoms with van der Waals surface area (Å²) in [5.41, 5.74) is -0.266. The maximum absolute atomic E-state index is 12.0. The summed E-state index contributed by atoms with van der Waals surface area (Å²) in [6, 6.07) is 4.23. The van der Waals surface area contributed by atoms with E-state index >= 15 is 0 Å². The number of hydrogen-bond acceptors (Lipinski definition) is 4. The van der Waals surface area contributed by atoms with E-state index in [0.717, 1.165) is 0 Å². The minimum absolute atomic E-state index is 0.0889. The van der Waals surface area contributed by atoms with Gasteiger partial charge >= 0.3 is 5.97 Å². The Morgan fingerprint density at radius 2 is 1.86 bits per heavy atom. The minimum atomic E-state index is -1.06. The zero-order chi connectivity index (χ0) is 16.2. The van der Waals surface area contributed by atoms with Crippen molar-refractivity contribution in [3.05, 3.63) is 23.8 Å². The van der Waals surface area contributed by atoms with Gasteiger partial charge in [0, 0.05) is 5.54 Å². The maximum atomic E-state index is 12.0. The number of rotatable bonds is 5. The first kappa shape index (κ1) is 16.8. The van der Waals surface area contributed by atoms with E-state index in [1.807, 2.05) is 20.8 Å². The highest BCUT2D eigenvalue weighted by Gasteiger charge is 2.22. The summed E-state index contributed by atoms with van der Waals surface area (Å²) in [6.45, 7) is 7.24. The van der Waals surface area contributed by atoms with Gasteiger partial charge in [0.1, 0.15) is 0 Å². The summed E-state index contributed by atoms with van der Waals surface area (Å²) < 4.78 is 10.6. The van der Waals surface area contributed by atoms with Crippen molar-refractivity contribution in [1.29, 1.82) is 0 Å². The Labute approximate surface area is 124 Å². The standard InChI is InChI=1S/C15H21NO5/c1-9(13(17)16-15(2,3)4)21-11-7-6-10(14(18)19)8-12(11)20-5/h6-9H,1-5H3,(H,16,17)(H,18,19). The molecule has 6 nitrogen and oxygen atoms in total. The highest BCUT2D eigenvalue weighted by atomic mass is 16.5. The summed E-state index contributed by atoms with van der Waals surface area (Å²) in [7, 11) is 1.41. The predicted molar refractivity (Wildman–Crippen MR) is 77.9 cm³/mol. The van der Waals surface area contributed by atoms with Crippen molar-refractivity contribution in [3.63, 3.8) is 0 Å². The van der Waals surface area contributed by atoms with Gasteiger partial charge in [-0.3, -0.25) is 4.79 Å². The molecule has 0 fully saturated rings. The van der Waals surface area contributed by atoms with Gasteiger partial charge in [-0.05, 0) is 45.9 Å². The van der Waals surface area contributed by atoms with Gasteiger partial charge in [-0.1, -0.05) is 0 Å². The number of carbonyl (C=O) groups is 2. The second-order valence-corrected chi connectivity index (χ2v) is 5.67. The maximum Gasteiger partial charge on any atom is 0.335 e. The molecule has 21 heavy (non-hydrogen) atoms. The number of carbonyl (C=O) groups excluding carboxylic acids is 1. The van der Waals surface area contributed by atoms with Crippen LogP contribution in [0.3, 0.4) is 0 Å². The molecule has 0 bridgehead atoms. The van der Waals surface area contributed by atoms with Gasteiger partial charge in [0.15, 0.2) is 17.6 Å². The van der Waals surface area contributed by atoms with Gasteiger partial charge in [-0.15, -0.1) is 0 Å². The van der Waals surface area contributed by atoms with Gasteiger partial charge in [0.05, 0.1) is 12.7 Å². The van der Waals surface area contributed by atoms with E-state index in [-0.39, 0.29) is 22.8 Å². The Balaban J connectivity index is 2.87. The average molecular weight is 295 g/mol. The lowest BCUT2D eigenvalue weighted by Crippen LogP contribution is -2.46. The largest absolute Gasteiger partial charge is 0.493 e. The number of nitrogens with one attached hydrogen (secondary N) is 1. The molecule has 0 saturated carbocycles. The molecule has 0 heterocycles. The summed E-state index contributed by atoms with van der Waals surface area (Å²) in [6.07, 6.45) is -0.728. The Morgan fingerprint density at radius 1 is 1.24 bits per heavy atom. The molecule has 0 saturated heterocycles. The van der Waals surface area contributed by atoms with Gasteiger partial charge in [-0.25, -0.2) is 4.79 Å². The molecule has 6 heteroatoms. The lowest BCUT2D eigenvalue weighted by atomic mass is 10.1. The molecule has 0 radical (unpaired) electrons. The van der Waals surface area contributed by atoms with Crippen LogP contribution in [0, 0.1) is 0 Å². The summed E-state index contributed by atoms with van der Waals surface area (Å²) in [5, 5.41) is 11.7. The molecule has 1 aromatic rings. The zero-order valence-electron chi connectivity index (χ0n) is 12.9. The second kappa shape index (κ2) is 6.47. The van der Waals surface area contributed by atoms with Crippen molar-refractivity contribution >= 4 is 11.9 Å². The SMILES string of the molecule is COc1cc(C(=O)O)ccc1OC(C)C(=O)NC(C)(C)C. The Morgan fingerprint density at radius 3 is 2.33 bits per heavy atom. The predicted octanol–water partition coefficient (Wildman–Crippen LogP) is 2.08. The van der Waals surface area contributed by atoms with E-state index in [0.29, 0.717) is 5.75 Å². The van der Waals surface area contributed by atoms with Gasteiger partial charge in [0.25, 0.3) is 5.91 Å². The minimum Gasteiger partial charge on any atom is -0.493 e. The first-order valence-corrected chi connectivity index (χ1v) is 6.54. The number of methoxy groups -OCH3 is 1. The van der Waals surface area contributed by atoms with Crippen molar-refractivity contribution in [2.45, 2.75) is 39.3 Å². The van der Waals surface area contributed by atoms with Crippen LogP contribution in [0.4, 0.5) is 0 Å². The summed E-state index contributed by atoms with van der Waals surface area (Å²) in [5.74, 6) is -0.727. The summed E-state index contributed by atoms with van der Waals surface area (Å²) >= 11 is 0. The van der Waals surface area contributed by atoms with Crippen LogP contribution < -0.4 is 14.8 Å². The quantitative estimate of drug-likeness (QED) is 0.868. The molecular formula is C15H21NO5. The van der Waals surface area contributed by atoms with E-state index in [9.17, 15) is 9.59 Å². The van der Waals surface area contributed by atoms with E-state index < -0.39 is 12.1 Å². The molecule has 1 atom stereocenters. The van der Waals surface area contributed by atoms with Gasteiger partial charge < -0.3 is 19.9 Å². The first-order valence-electron chi connectivity index (χ1n) is 6.54.